The second kappa shape index (κ2) is 3.30. The van der Waals surface area contributed by atoms with E-state index in [-0.39, 0.29) is 17.3 Å². The molecule has 1 heterocycles. The van der Waals surface area contributed by atoms with Crippen molar-refractivity contribution in [2.75, 3.05) is 0 Å². The van der Waals surface area contributed by atoms with Crippen LogP contribution in [0.3, 0.4) is 0 Å². The van der Waals surface area contributed by atoms with Gasteiger partial charge >= 0.3 is 0 Å². The van der Waals surface area contributed by atoms with Gasteiger partial charge in [0, 0.05) is 12.1 Å². The smallest absolute Gasteiger partial charge is 0.266 e. The van der Waals surface area contributed by atoms with Gasteiger partial charge in [-0.1, -0.05) is 13.8 Å². The van der Waals surface area contributed by atoms with E-state index in [1.807, 2.05) is 0 Å². The first-order chi connectivity index (χ1) is 5.61. The van der Waals surface area contributed by atoms with Crippen LogP contribution >= 0.6 is 0 Å². The highest BCUT2D eigenvalue weighted by atomic mass is 16.1. The quantitative estimate of drug-likeness (QED) is 0.654. The van der Waals surface area contributed by atoms with Crippen LogP contribution in [-0.4, -0.2) is 15.8 Å². The maximum absolute atomic E-state index is 11.3. The second-order valence-corrected chi connectivity index (χ2v) is 2.82. The van der Waals surface area contributed by atoms with Gasteiger partial charge in [-0.15, -0.1) is 0 Å². The molecule has 0 aliphatic carbocycles. The zero-order valence-electron chi connectivity index (χ0n) is 7.00. The Labute approximate surface area is 69.7 Å². The molecule has 0 bridgehead atoms. The van der Waals surface area contributed by atoms with Gasteiger partial charge < -0.3 is 4.98 Å². The number of hydrogen-bond acceptors (Lipinski definition) is 3. The number of hydrogen-bond donors (Lipinski definition) is 1. The highest BCUT2D eigenvalue weighted by Gasteiger charge is 2.10. The van der Waals surface area contributed by atoms with Crippen LogP contribution in [0.5, 0.6) is 0 Å². The summed E-state index contributed by atoms with van der Waals surface area (Å²) in [5, 5.41) is 0. The van der Waals surface area contributed by atoms with E-state index >= 15 is 0 Å². The van der Waals surface area contributed by atoms with Crippen LogP contribution in [0.25, 0.3) is 0 Å². The lowest BCUT2D eigenvalue weighted by atomic mass is 10.1. The fraction of sp³-hybridized carbons (Fsp3) is 0.375. The number of carbonyl (C=O) groups excluding carboxylic acids is 1. The molecule has 12 heavy (non-hydrogen) atoms. The Morgan fingerprint density at radius 1 is 1.58 bits per heavy atom. The molecule has 1 aromatic rings. The number of nitrogens with one attached hydrogen (secondary N) is 1. The van der Waals surface area contributed by atoms with Crippen LogP contribution in [0.4, 0.5) is 0 Å². The molecule has 0 aliphatic heterocycles. The Morgan fingerprint density at radius 3 is 2.67 bits per heavy atom. The van der Waals surface area contributed by atoms with Crippen molar-refractivity contribution < 1.29 is 4.79 Å². The predicted molar refractivity (Wildman–Crippen MR) is 44.0 cm³/mol. The normalized spacial score (nSPS) is 10.2. The van der Waals surface area contributed by atoms with E-state index in [1.54, 1.807) is 13.8 Å². The van der Waals surface area contributed by atoms with E-state index < -0.39 is 0 Å². The lowest BCUT2D eigenvalue weighted by Gasteiger charge is -2.00. The molecule has 1 aromatic heterocycles. The van der Waals surface area contributed by atoms with Crippen molar-refractivity contribution in [3.63, 3.8) is 0 Å². The first kappa shape index (κ1) is 8.64. The Balaban J connectivity index is 2.98. The lowest BCUT2D eigenvalue weighted by Crippen LogP contribution is -2.14. The van der Waals surface area contributed by atoms with E-state index in [2.05, 4.69) is 9.97 Å². The predicted octanol–water partition coefficient (Wildman–Crippen LogP) is 0.609. The minimum Gasteiger partial charge on any atom is -0.325 e. The maximum atomic E-state index is 11.3. The molecule has 4 nitrogen and oxygen atoms in total. The van der Waals surface area contributed by atoms with Crippen molar-refractivity contribution in [1.29, 1.82) is 0 Å². The van der Waals surface area contributed by atoms with Gasteiger partial charge in [-0.2, -0.15) is 0 Å². The molecule has 1 rings (SSSR count). The van der Waals surface area contributed by atoms with E-state index in [9.17, 15) is 9.59 Å². The Kier molecular flexibility index (Phi) is 2.38. The molecule has 0 atom stereocenters. The molecule has 4 heteroatoms. The SMILES string of the molecule is CC(C)C(=O)c1c[nH]c(=O)cn1. The number of nitrogens with zero attached hydrogens (tertiary/aromatic N) is 1. The topological polar surface area (TPSA) is 62.8 Å². The molecule has 0 saturated heterocycles. The van der Waals surface area contributed by atoms with Crippen molar-refractivity contribution in [1.82, 2.24) is 9.97 Å². The summed E-state index contributed by atoms with van der Waals surface area (Å²) >= 11 is 0. The Hall–Kier alpha value is -1.45. The third-order valence-corrected chi connectivity index (χ3v) is 1.45. The zero-order chi connectivity index (χ0) is 9.14. The van der Waals surface area contributed by atoms with Gasteiger partial charge in [0.25, 0.3) is 5.56 Å². The molecular formula is C8H10N2O2. The molecule has 1 N–H and O–H groups in total. The van der Waals surface area contributed by atoms with Gasteiger partial charge in [-0.05, 0) is 0 Å². The summed E-state index contributed by atoms with van der Waals surface area (Å²) in [5.41, 5.74) is 0.0138. The summed E-state index contributed by atoms with van der Waals surface area (Å²) < 4.78 is 0. The van der Waals surface area contributed by atoms with E-state index in [4.69, 9.17) is 0 Å². The zero-order valence-corrected chi connectivity index (χ0v) is 7.00. The molecule has 0 fully saturated rings. The summed E-state index contributed by atoms with van der Waals surface area (Å²) in [4.78, 5) is 28.0. The fourth-order valence-electron chi connectivity index (χ4n) is 0.773. The summed E-state index contributed by atoms with van der Waals surface area (Å²) in [6, 6.07) is 0. The lowest BCUT2D eigenvalue weighted by molar-refractivity contribution is 0.0934. The summed E-state index contributed by atoms with van der Waals surface area (Å²) in [7, 11) is 0. The number of carbonyl (C=O) groups is 1. The minimum absolute atomic E-state index is 0.0637. The molecule has 0 amide bonds. The van der Waals surface area contributed by atoms with Crippen LogP contribution in [-0.2, 0) is 0 Å². The number of ketones is 1. The van der Waals surface area contributed by atoms with E-state index in [0.717, 1.165) is 6.20 Å². The average Bonchev–Trinajstić information content (AvgIpc) is 2.04. The van der Waals surface area contributed by atoms with Gasteiger partial charge in [0.2, 0.25) is 0 Å². The molecule has 0 unspecified atom stereocenters. The number of Topliss-reactive ketones (excluding diaryl/α,β-unsaturated/α-hetero) is 1. The summed E-state index contributed by atoms with van der Waals surface area (Å²) in [6.45, 7) is 3.57. The molecule has 0 aliphatic rings. The molecule has 64 valence electrons. The second-order valence-electron chi connectivity index (χ2n) is 2.82. The standard InChI is InChI=1S/C8H10N2O2/c1-5(2)8(12)6-3-10-7(11)4-9-6/h3-5H,1-2H3,(H,10,11). The number of H-pyrrole nitrogens is 1. The van der Waals surface area contributed by atoms with Gasteiger partial charge in [0.05, 0.1) is 6.20 Å². The minimum atomic E-state index is -0.296. The van der Waals surface area contributed by atoms with Crippen LogP contribution in [0, 0.1) is 5.92 Å². The highest BCUT2D eigenvalue weighted by molar-refractivity contribution is 5.95. The van der Waals surface area contributed by atoms with Gasteiger partial charge in [-0.25, -0.2) is 4.98 Å². The van der Waals surface area contributed by atoms with Crippen molar-refractivity contribution in [3.05, 3.63) is 28.4 Å². The summed E-state index contributed by atoms with van der Waals surface area (Å²) in [6.07, 6.45) is 2.44. The van der Waals surface area contributed by atoms with Gasteiger partial charge in [0.15, 0.2) is 5.78 Å². The van der Waals surface area contributed by atoms with Crippen molar-refractivity contribution >= 4 is 5.78 Å². The van der Waals surface area contributed by atoms with Crippen LogP contribution in [0.15, 0.2) is 17.2 Å². The monoisotopic (exact) mass is 166 g/mol. The average molecular weight is 166 g/mol. The molecule has 0 radical (unpaired) electrons. The maximum Gasteiger partial charge on any atom is 0.266 e. The number of rotatable bonds is 2. The molecule has 0 saturated carbocycles. The van der Waals surface area contributed by atoms with Gasteiger partial charge in [-0.3, -0.25) is 9.59 Å². The van der Waals surface area contributed by atoms with Gasteiger partial charge in [0.1, 0.15) is 5.69 Å². The first-order valence-electron chi connectivity index (χ1n) is 3.70. The summed E-state index contributed by atoms with van der Waals surface area (Å²) in [5.74, 6) is -0.158. The van der Waals surface area contributed by atoms with Crippen LogP contribution in [0.1, 0.15) is 24.3 Å². The molecule has 0 spiro atoms. The fourth-order valence-corrected chi connectivity index (χ4v) is 0.773. The van der Waals surface area contributed by atoms with Crippen LogP contribution in [0.2, 0.25) is 0 Å². The first-order valence-corrected chi connectivity index (χ1v) is 3.70. The Bertz CT molecular complexity index is 321. The van der Waals surface area contributed by atoms with Crippen molar-refractivity contribution in [3.8, 4) is 0 Å². The third-order valence-electron chi connectivity index (χ3n) is 1.45. The molecule has 0 aromatic carbocycles. The van der Waals surface area contributed by atoms with E-state index in [1.165, 1.54) is 6.20 Å². The van der Waals surface area contributed by atoms with Crippen molar-refractivity contribution in [2.45, 2.75) is 13.8 Å². The highest BCUT2D eigenvalue weighted by Crippen LogP contribution is 2.01. The van der Waals surface area contributed by atoms with Crippen LogP contribution < -0.4 is 5.56 Å². The van der Waals surface area contributed by atoms with E-state index in [0.29, 0.717) is 5.69 Å². The van der Waals surface area contributed by atoms with Crippen molar-refractivity contribution in [2.24, 2.45) is 5.92 Å². The third kappa shape index (κ3) is 1.78. The number of aromatic amines is 1. The number of aromatic nitrogens is 2. The Morgan fingerprint density at radius 2 is 2.25 bits per heavy atom. The molecular weight excluding hydrogens is 156 g/mol. The largest absolute Gasteiger partial charge is 0.325 e.